The van der Waals surface area contributed by atoms with Crippen molar-refractivity contribution in [3.8, 4) is 0 Å². The van der Waals surface area contributed by atoms with Gasteiger partial charge in [0.1, 0.15) is 0 Å². The van der Waals surface area contributed by atoms with Crippen molar-refractivity contribution in [3.05, 3.63) is 44.7 Å². The Morgan fingerprint density at radius 3 is 2.55 bits per heavy atom. The molecule has 6 heteroatoms. The van der Waals surface area contributed by atoms with E-state index in [1.165, 1.54) is 0 Å². The zero-order valence-electron chi connectivity index (χ0n) is 11.4. The Labute approximate surface area is 133 Å². The van der Waals surface area contributed by atoms with Gasteiger partial charge in [0.25, 0.3) is 0 Å². The lowest BCUT2D eigenvalue weighted by molar-refractivity contribution is 0.619. The van der Waals surface area contributed by atoms with Crippen LogP contribution in [0.3, 0.4) is 0 Å². The number of aryl methyl sites for hydroxylation is 2. The smallest absolute Gasteiger partial charge is 0.0868 e. The summed E-state index contributed by atoms with van der Waals surface area (Å²) >= 11 is 18.4. The maximum Gasteiger partial charge on any atom is 0.0868 e. The Bertz CT molecular complexity index is 608. The lowest BCUT2D eigenvalue weighted by Crippen LogP contribution is -2.08. The molecule has 3 nitrogen and oxygen atoms in total. The molecule has 0 aliphatic rings. The topological polar surface area (TPSA) is 29.9 Å². The average molecular weight is 333 g/mol. The summed E-state index contributed by atoms with van der Waals surface area (Å²) in [4.78, 5) is 0. The minimum Gasteiger partial charge on any atom is -0.378 e. The molecule has 2 rings (SSSR count). The lowest BCUT2D eigenvalue weighted by Gasteiger charge is -2.10. The number of nitrogens with zero attached hydrogens (tertiary/aromatic N) is 2. The van der Waals surface area contributed by atoms with E-state index in [9.17, 15) is 0 Å². The third kappa shape index (κ3) is 3.22. The third-order valence-electron chi connectivity index (χ3n) is 3.07. The standard InChI is InChI=1S/C14H16Cl3N3/c1-3-11-14(17)13(20(4-2)19-11)8-18-12-6-5-9(15)7-10(12)16/h5-7,18H,3-4,8H2,1-2H3. The largest absolute Gasteiger partial charge is 0.378 e. The summed E-state index contributed by atoms with van der Waals surface area (Å²) in [6, 6.07) is 5.36. The van der Waals surface area contributed by atoms with E-state index in [1.807, 2.05) is 24.6 Å². The number of benzene rings is 1. The van der Waals surface area contributed by atoms with Crippen LogP contribution in [0, 0.1) is 0 Å². The van der Waals surface area contributed by atoms with E-state index in [1.54, 1.807) is 12.1 Å². The SMILES string of the molecule is CCc1nn(CC)c(CNc2ccc(Cl)cc2Cl)c1Cl. The zero-order chi connectivity index (χ0) is 14.7. The Kier molecular flexibility index (Phi) is 5.19. The number of hydrogen-bond donors (Lipinski definition) is 1. The molecule has 0 fully saturated rings. The first kappa shape index (κ1) is 15.5. The van der Waals surface area contributed by atoms with Crippen LogP contribution < -0.4 is 5.32 Å². The molecule has 1 aromatic heterocycles. The minimum absolute atomic E-state index is 0.570. The second-order valence-electron chi connectivity index (χ2n) is 4.35. The van der Waals surface area contributed by atoms with Gasteiger partial charge in [0.05, 0.1) is 33.7 Å². The quantitative estimate of drug-likeness (QED) is 0.831. The van der Waals surface area contributed by atoms with E-state index >= 15 is 0 Å². The van der Waals surface area contributed by atoms with Gasteiger partial charge in [0, 0.05) is 11.6 Å². The second-order valence-corrected chi connectivity index (χ2v) is 5.58. The molecule has 0 unspecified atom stereocenters. The Balaban J connectivity index is 2.20. The molecule has 0 saturated heterocycles. The Morgan fingerprint density at radius 1 is 1.20 bits per heavy atom. The van der Waals surface area contributed by atoms with E-state index in [4.69, 9.17) is 34.8 Å². The van der Waals surface area contributed by atoms with Gasteiger partial charge in [-0.15, -0.1) is 0 Å². The van der Waals surface area contributed by atoms with Gasteiger partial charge in [-0.2, -0.15) is 5.10 Å². The first-order chi connectivity index (χ1) is 9.56. The van der Waals surface area contributed by atoms with Gasteiger partial charge < -0.3 is 5.32 Å². The number of hydrogen-bond acceptors (Lipinski definition) is 2. The highest BCUT2D eigenvalue weighted by Gasteiger charge is 2.14. The highest BCUT2D eigenvalue weighted by Crippen LogP contribution is 2.27. The van der Waals surface area contributed by atoms with Crippen LogP contribution in [0.1, 0.15) is 25.2 Å². The third-order valence-corrected chi connectivity index (χ3v) is 4.06. The highest BCUT2D eigenvalue weighted by molar-refractivity contribution is 6.36. The van der Waals surface area contributed by atoms with Crippen LogP contribution in [0.25, 0.3) is 0 Å². The molecule has 0 amide bonds. The normalized spacial score (nSPS) is 10.8. The van der Waals surface area contributed by atoms with Crippen molar-refractivity contribution >= 4 is 40.5 Å². The summed E-state index contributed by atoms with van der Waals surface area (Å²) in [7, 11) is 0. The molecule has 0 aliphatic heterocycles. The van der Waals surface area contributed by atoms with Crippen LogP contribution >= 0.6 is 34.8 Å². The van der Waals surface area contributed by atoms with E-state index in [-0.39, 0.29) is 0 Å². The van der Waals surface area contributed by atoms with Crippen LogP contribution in [0.15, 0.2) is 18.2 Å². The second kappa shape index (κ2) is 6.70. The predicted molar refractivity (Wildman–Crippen MR) is 86.1 cm³/mol. The predicted octanol–water partition coefficient (Wildman–Crippen LogP) is 5.04. The zero-order valence-corrected chi connectivity index (χ0v) is 13.6. The van der Waals surface area contributed by atoms with Gasteiger partial charge >= 0.3 is 0 Å². The van der Waals surface area contributed by atoms with Crippen molar-refractivity contribution in [1.82, 2.24) is 9.78 Å². The monoisotopic (exact) mass is 331 g/mol. The van der Waals surface area contributed by atoms with Gasteiger partial charge in [-0.3, -0.25) is 4.68 Å². The van der Waals surface area contributed by atoms with Crippen molar-refractivity contribution < 1.29 is 0 Å². The number of halogens is 3. The first-order valence-electron chi connectivity index (χ1n) is 6.49. The maximum atomic E-state index is 6.36. The van der Waals surface area contributed by atoms with E-state index in [0.717, 1.165) is 35.1 Å². The molecule has 0 saturated carbocycles. The molecule has 1 heterocycles. The van der Waals surface area contributed by atoms with Crippen molar-refractivity contribution in [2.75, 3.05) is 5.32 Å². The van der Waals surface area contributed by atoms with Crippen LogP contribution in [0.4, 0.5) is 5.69 Å². The van der Waals surface area contributed by atoms with Gasteiger partial charge in [0.2, 0.25) is 0 Å². The van der Waals surface area contributed by atoms with Crippen molar-refractivity contribution in [2.45, 2.75) is 33.4 Å². The fourth-order valence-corrected chi connectivity index (χ4v) is 2.81. The summed E-state index contributed by atoms with van der Waals surface area (Å²) in [5, 5.41) is 9.69. The van der Waals surface area contributed by atoms with Crippen LogP contribution in [-0.2, 0) is 19.5 Å². The summed E-state index contributed by atoms with van der Waals surface area (Å²) in [5.74, 6) is 0. The van der Waals surface area contributed by atoms with Gasteiger partial charge in [0.15, 0.2) is 0 Å². The molecular formula is C14H16Cl3N3. The van der Waals surface area contributed by atoms with Crippen molar-refractivity contribution in [2.24, 2.45) is 0 Å². The molecule has 108 valence electrons. The molecule has 2 aromatic rings. The number of aromatic nitrogens is 2. The minimum atomic E-state index is 0.570. The summed E-state index contributed by atoms with van der Waals surface area (Å²) in [6.45, 7) is 5.44. The molecule has 0 spiro atoms. The van der Waals surface area contributed by atoms with Crippen molar-refractivity contribution in [1.29, 1.82) is 0 Å². The lowest BCUT2D eigenvalue weighted by atomic mass is 10.2. The molecule has 1 N–H and O–H groups in total. The number of anilines is 1. The number of nitrogens with one attached hydrogen (secondary N) is 1. The van der Waals surface area contributed by atoms with E-state index < -0.39 is 0 Å². The Morgan fingerprint density at radius 2 is 1.95 bits per heavy atom. The van der Waals surface area contributed by atoms with Crippen LogP contribution in [0.5, 0.6) is 0 Å². The maximum absolute atomic E-state index is 6.36. The van der Waals surface area contributed by atoms with Crippen LogP contribution in [-0.4, -0.2) is 9.78 Å². The van der Waals surface area contributed by atoms with Gasteiger partial charge in [-0.25, -0.2) is 0 Å². The molecule has 0 atom stereocenters. The number of rotatable bonds is 5. The Hall–Kier alpha value is -0.900. The van der Waals surface area contributed by atoms with E-state index in [2.05, 4.69) is 10.4 Å². The molecule has 0 radical (unpaired) electrons. The summed E-state index contributed by atoms with van der Waals surface area (Å²) in [6.07, 6.45) is 0.820. The molecule has 20 heavy (non-hydrogen) atoms. The fourth-order valence-electron chi connectivity index (χ4n) is 2.00. The molecule has 0 bridgehead atoms. The average Bonchev–Trinajstić information content (AvgIpc) is 2.74. The summed E-state index contributed by atoms with van der Waals surface area (Å²) in [5.41, 5.74) is 2.72. The first-order valence-corrected chi connectivity index (χ1v) is 7.63. The molecular weight excluding hydrogens is 317 g/mol. The van der Waals surface area contributed by atoms with Gasteiger partial charge in [-0.1, -0.05) is 41.7 Å². The van der Waals surface area contributed by atoms with Crippen LogP contribution in [0.2, 0.25) is 15.1 Å². The fraction of sp³-hybridized carbons (Fsp3) is 0.357. The van der Waals surface area contributed by atoms with Gasteiger partial charge in [-0.05, 0) is 31.5 Å². The molecule has 0 aliphatic carbocycles. The molecule has 1 aromatic carbocycles. The summed E-state index contributed by atoms with van der Waals surface area (Å²) < 4.78 is 1.91. The van der Waals surface area contributed by atoms with Crippen molar-refractivity contribution in [3.63, 3.8) is 0 Å². The highest BCUT2D eigenvalue weighted by atomic mass is 35.5. The van der Waals surface area contributed by atoms with E-state index in [0.29, 0.717) is 16.6 Å².